The second-order valence-electron chi connectivity index (χ2n) is 10.8. The highest BCUT2D eigenvalue weighted by Crippen LogP contribution is 2.33. The van der Waals surface area contributed by atoms with Crippen molar-refractivity contribution in [1.82, 2.24) is 0 Å². The van der Waals surface area contributed by atoms with Crippen LogP contribution in [0.3, 0.4) is 0 Å². The molecular formula is C32H43NOSi. The zero-order chi connectivity index (χ0) is 25.3. The first kappa shape index (κ1) is 27.2. The Balaban J connectivity index is 1.72. The third-order valence-electron chi connectivity index (χ3n) is 7.01. The third-order valence-corrected chi connectivity index (χ3v) is 8.31. The Bertz CT molecular complexity index is 1040. The van der Waals surface area contributed by atoms with E-state index in [0.717, 1.165) is 30.9 Å². The molecule has 0 saturated heterocycles. The van der Waals surface area contributed by atoms with Gasteiger partial charge in [0.2, 0.25) is 5.91 Å². The van der Waals surface area contributed by atoms with E-state index in [1.807, 2.05) is 12.1 Å². The first-order valence-corrected chi connectivity index (χ1v) is 14.7. The van der Waals surface area contributed by atoms with Crippen molar-refractivity contribution in [3.05, 3.63) is 82.4 Å². The predicted molar refractivity (Wildman–Crippen MR) is 153 cm³/mol. The molecule has 1 aliphatic carbocycles. The van der Waals surface area contributed by atoms with Crippen LogP contribution in [0.15, 0.2) is 60.2 Å². The summed E-state index contributed by atoms with van der Waals surface area (Å²) in [6.45, 7) is 9.02. The van der Waals surface area contributed by atoms with Crippen molar-refractivity contribution in [2.45, 2.75) is 96.9 Å². The minimum atomic E-state index is -0.317. The van der Waals surface area contributed by atoms with E-state index in [9.17, 15) is 4.79 Å². The van der Waals surface area contributed by atoms with Crippen molar-refractivity contribution in [1.29, 1.82) is 0 Å². The summed E-state index contributed by atoms with van der Waals surface area (Å²) in [5.41, 5.74) is 13.3. The monoisotopic (exact) mass is 485 g/mol. The number of amides is 1. The summed E-state index contributed by atoms with van der Waals surface area (Å²) in [6, 6.07) is 16.3. The lowest BCUT2D eigenvalue weighted by atomic mass is 9.86. The number of carbonyl (C=O) groups excluding carboxylic acids is 1. The Kier molecular flexibility index (Phi) is 10.2. The summed E-state index contributed by atoms with van der Waals surface area (Å²) < 4.78 is 0. The fraction of sp³-hybridized carbons (Fsp3) is 0.469. The molecule has 0 bridgehead atoms. The number of nitrogens with two attached hydrogens (primary N) is 1. The first-order chi connectivity index (χ1) is 16.8. The zero-order valence-electron chi connectivity index (χ0n) is 22.3. The number of hydrogen-bond acceptors (Lipinski definition) is 1. The highest BCUT2D eigenvalue weighted by atomic mass is 28.2. The molecule has 0 unspecified atom stereocenters. The van der Waals surface area contributed by atoms with E-state index in [-0.39, 0.29) is 11.3 Å². The predicted octanol–water partition coefficient (Wildman–Crippen LogP) is 7.54. The lowest BCUT2D eigenvalue weighted by Crippen LogP contribution is -2.25. The minimum absolute atomic E-state index is 0.181. The average molecular weight is 486 g/mol. The number of unbranched alkanes of at least 4 members (excludes halogenated alkanes) is 5. The second-order valence-corrected chi connectivity index (χ2v) is 12.2. The molecule has 3 rings (SSSR count). The Morgan fingerprint density at radius 3 is 2.34 bits per heavy atom. The molecule has 0 aliphatic heterocycles. The van der Waals surface area contributed by atoms with E-state index in [2.05, 4.69) is 70.2 Å². The molecule has 3 heteroatoms. The lowest BCUT2D eigenvalue weighted by molar-refractivity contribution is 0.1000. The van der Waals surface area contributed by atoms with Crippen LogP contribution < -0.4 is 10.9 Å². The third kappa shape index (κ3) is 7.80. The molecular weight excluding hydrogens is 442 g/mol. The van der Waals surface area contributed by atoms with Crippen LogP contribution in [0.1, 0.15) is 106 Å². The molecule has 0 atom stereocenters. The van der Waals surface area contributed by atoms with Crippen LogP contribution in [0.2, 0.25) is 6.04 Å². The highest BCUT2D eigenvalue weighted by Gasteiger charge is 2.20. The molecule has 2 aromatic rings. The number of benzene rings is 2. The fourth-order valence-corrected chi connectivity index (χ4v) is 6.25. The summed E-state index contributed by atoms with van der Waals surface area (Å²) in [6.07, 6.45) is 15.4. The number of primary amides is 1. The summed E-state index contributed by atoms with van der Waals surface area (Å²) in [5.74, 6) is -0.317. The van der Waals surface area contributed by atoms with Crippen LogP contribution in [0.25, 0.3) is 5.57 Å². The number of allylic oxidation sites excluding steroid dienone is 4. The van der Waals surface area contributed by atoms with Gasteiger partial charge in [0.1, 0.15) is 0 Å². The number of aryl methyl sites for hydroxylation is 1. The molecule has 0 aromatic heterocycles. The lowest BCUT2D eigenvalue weighted by Gasteiger charge is -2.19. The molecule has 0 heterocycles. The van der Waals surface area contributed by atoms with Crippen molar-refractivity contribution < 1.29 is 4.79 Å². The van der Waals surface area contributed by atoms with Crippen LogP contribution in [0.4, 0.5) is 0 Å². The van der Waals surface area contributed by atoms with Gasteiger partial charge in [-0.05, 0) is 65.0 Å². The molecule has 35 heavy (non-hydrogen) atoms. The van der Waals surface area contributed by atoms with E-state index < -0.39 is 0 Å². The van der Waals surface area contributed by atoms with Crippen LogP contribution >= 0.6 is 0 Å². The summed E-state index contributed by atoms with van der Waals surface area (Å²) in [4.78, 5) is 12.4. The molecule has 186 valence electrons. The Morgan fingerprint density at radius 2 is 1.66 bits per heavy atom. The number of rotatable bonds is 13. The normalized spacial score (nSPS) is 13.6. The first-order valence-electron chi connectivity index (χ1n) is 13.5. The van der Waals surface area contributed by atoms with Crippen LogP contribution in [-0.4, -0.2) is 15.4 Å². The van der Waals surface area contributed by atoms with E-state index in [1.54, 1.807) is 0 Å². The quantitative estimate of drug-likeness (QED) is 0.231. The standard InChI is InChI=1S/C32H43NOSi/c1-5-6-7-8-9-10-13-25-14-11-15-27(25)30-28(31(33)34)16-12-17-29(30)35-23-22-24-18-20-26(21-19-24)32(2,3)4/h11-12,14,16-21H,5-10,13,15,22-23H2,1-4H3,(H2,33,34). The SMILES string of the molecule is CCCCCCCCC1=C(c2c([Si]CCc3ccc(C(C)(C)C)cc3)cccc2C(N)=O)CC=C1. The molecule has 0 spiro atoms. The molecule has 1 amide bonds. The smallest absolute Gasteiger partial charge is 0.249 e. The van der Waals surface area contributed by atoms with E-state index in [1.165, 1.54) is 66.0 Å². The van der Waals surface area contributed by atoms with Gasteiger partial charge < -0.3 is 5.73 Å². The topological polar surface area (TPSA) is 43.1 Å². The van der Waals surface area contributed by atoms with Gasteiger partial charge in [-0.2, -0.15) is 0 Å². The molecule has 0 fully saturated rings. The van der Waals surface area contributed by atoms with Crippen molar-refractivity contribution >= 4 is 26.2 Å². The maximum Gasteiger partial charge on any atom is 0.249 e. The van der Waals surface area contributed by atoms with Gasteiger partial charge >= 0.3 is 0 Å². The molecule has 2 aromatic carbocycles. The number of hydrogen-bond donors (Lipinski definition) is 1. The van der Waals surface area contributed by atoms with Crippen molar-refractivity contribution in [3.63, 3.8) is 0 Å². The van der Waals surface area contributed by atoms with Crippen LogP contribution in [0, 0.1) is 0 Å². The van der Waals surface area contributed by atoms with Gasteiger partial charge in [0.05, 0.1) is 9.52 Å². The van der Waals surface area contributed by atoms with Crippen molar-refractivity contribution in [2.24, 2.45) is 5.73 Å². The van der Waals surface area contributed by atoms with Gasteiger partial charge in [0.15, 0.2) is 0 Å². The molecule has 2 N–H and O–H groups in total. The van der Waals surface area contributed by atoms with Gasteiger partial charge in [-0.1, -0.05) is 120 Å². The van der Waals surface area contributed by atoms with E-state index in [0.29, 0.717) is 15.1 Å². The van der Waals surface area contributed by atoms with Crippen LogP contribution in [0.5, 0.6) is 0 Å². The summed E-state index contributed by atoms with van der Waals surface area (Å²) in [7, 11) is 0.653. The second kappa shape index (κ2) is 13.1. The van der Waals surface area contributed by atoms with E-state index in [4.69, 9.17) is 5.73 Å². The molecule has 2 radical (unpaired) electrons. The largest absolute Gasteiger partial charge is 0.366 e. The Hall–Kier alpha value is -2.39. The van der Waals surface area contributed by atoms with Gasteiger partial charge in [-0.15, -0.1) is 0 Å². The van der Waals surface area contributed by atoms with Crippen molar-refractivity contribution in [3.8, 4) is 0 Å². The number of carbonyl (C=O) groups is 1. The van der Waals surface area contributed by atoms with Gasteiger partial charge in [-0.25, -0.2) is 0 Å². The van der Waals surface area contributed by atoms with Gasteiger partial charge in [0.25, 0.3) is 0 Å². The average Bonchev–Trinajstić information content (AvgIpc) is 3.29. The minimum Gasteiger partial charge on any atom is -0.366 e. The van der Waals surface area contributed by atoms with Gasteiger partial charge in [-0.3, -0.25) is 4.79 Å². The van der Waals surface area contributed by atoms with Crippen molar-refractivity contribution in [2.75, 3.05) is 0 Å². The summed E-state index contributed by atoms with van der Waals surface area (Å²) in [5, 5.41) is 1.28. The maximum absolute atomic E-state index is 12.4. The maximum atomic E-state index is 12.4. The van der Waals surface area contributed by atoms with Gasteiger partial charge in [0, 0.05) is 5.56 Å². The molecule has 2 nitrogen and oxygen atoms in total. The Labute approximate surface area is 215 Å². The fourth-order valence-electron chi connectivity index (χ4n) is 4.89. The van der Waals surface area contributed by atoms with E-state index >= 15 is 0 Å². The zero-order valence-corrected chi connectivity index (χ0v) is 23.3. The Morgan fingerprint density at radius 1 is 0.943 bits per heavy atom. The highest BCUT2D eigenvalue weighted by molar-refractivity contribution is 6.55. The molecule has 0 saturated carbocycles. The molecule has 1 aliphatic rings. The van der Waals surface area contributed by atoms with Crippen LogP contribution in [-0.2, 0) is 11.8 Å². The summed E-state index contributed by atoms with van der Waals surface area (Å²) >= 11 is 0.